The van der Waals surface area contributed by atoms with Gasteiger partial charge in [-0.2, -0.15) is 0 Å². The highest BCUT2D eigenvalue weighted by Gasteiger charge is 2.45. The molecule has 1 heterocycles. The van der Waals surface area contributed by atoms with E-state index >= 15 is 0 Å². The van der Waals surface area contributed by atoms with Gasteiger partial charge in [0.1, 0.15) is 23.9 Å². The van der Waals surface area contributed by atoms with Gasteiger partial charge in [0.15, 0.2) is 0 Å². The summed E-state index contributed by atoms with van der Waals surface area (Å²) in [5.74, 6) is -0.196. The Hall–Kier alpha value is -3.54. The number of benzene rings is 2. The molecule has 0 aromatic heterocycles. The topological polar surface area (TPSA) is 76.1 Å². The fourth-order valence-corrected chi connectivity index (χ4v) is 4.03. The summed E-state index contributed by atoms with van der Waals surface area (Å²) in [5.41, 5.74) is 1.24. The summed E-state index contributed by atoms with van der Waals surface area (Å²) < 4.78 is 11.4. The molecular formula is C28H33NO5. The summed E-state index contributed by atoms with van der Waals surface area (Å²) in [6, 6.07) is 13.5. The van der Waals surface area contributed by atoms with Crippen LogP contribution in [0.5, 0.6) is 11.5 Å². The lowest BCUT2D eigenvalue weighted by Crippen LogP contribution is -2.30. The van der Waals surface area contributed by atoms with E-state index in [0.717, 1.165) is 19.3 Å². The minimum atomic E-state index is -0.697. The highest BCUT2D eigenvalue weighted by Crippen LogP contribution is 2.40. The molecule has 1 atom stereocenters. The van der Waals surface area contributed by atoms with Crippen molar-refractivity contribution in [2.75, 3.05) is 19.8 Å². The van der Waals surface area contributed by atoms with E-state index in [4.69, 9.17) is 9.47 Å². The number of hydrogen-bond donors (Lipinski definition) is 1. The van der Waals surface area contributed by atoms with Crippen LogP contribution in [0.2, 0.25) is 0 Å². The quantitative estimate of drug-likeness (QED) is 0.145. The number of likely N-dealkylation sites (tertiary alicyclic amines) is 1. The predicted octanol–water partition coefficient (Wildman–Crippen LogP) is 5.65. The van der Waals surface area contributed by atoms with Crippen molar-refractivity contribution in [1.29, 1.82) is 0 Å². The lowest BCUT2D eigenvalue weighted by atomic mass is 9.95. The van der Waals surface area contributed by atoms with Gasteiger partial charge >= 0.3 is 0 Å². The van der Waals surface area contributed by atoms with Crippen LogP contribution in [0.25, 0.3) is 5.76 Å². The Morgan fingerprint density at radius 2 is 1.79 bits per heavy atom. The van der Waals surface area contributed by atoms with Gasteiger partial charge in [-0.3, -0.25) is 9.59 Å². The summed E-state index contributed by atoms with van der Waals surface area (Å²) in [6.45, 7) is 9.11. The maximum atomic E-state index is 13.0. The zero-order valence-corrected chi connectivity index (χ0v) is 20.0. The SMILES string of the molecule is C=CCOc1cccc(C2/C(=C(/O)c3ccc(OCCCCC)cc3)C(=O)C(=O)N2CCC)c1. The van der Waals surface area contributed by atoms with Crippen LogP contribution < -0.4 is 9.47 Å². The first kappa shape index (κ1) is 25.1. The number of nitrogens with zero attached hydrogens (tertiary/aromatic N) is 1. The molecule has 1 amide bonds. The number of carbonyl (C=O) groups excluding carboxylic acids is 2. The third kappa shape index (κ3) is 5.68. The molecule has 1 saturated heterocycles. The first-order chi connectivity index (χ1) is 16.5. The number of carbonyl (C=O) groups is 2. The van der Waals surface area contributed by atoms with E-state index in [9.17, 15) is 14.7 Å². The number of rotatable bonds is 12. The molecule has 1 unspecified atom stereocenters. The molecule has 2 aromatic carbocycles. The molecule has 1 aliphatic heterocycles. The van der Waals surface area contributed by atoms with Crippen molar-refractivity contribution in [2.45, 2.75) is 45.6 Å². The van der Waals surface area contributed by atoms with Crippen molar-refractivity contribution in [1.82, 2.24) is 4.90 Å². The molecule has 3 rings (SSSR count). The number of ketones is 1. The largest absolute Gasteiger partial charge is 0.507 e. The molecule has 34 heavy (non-hydrogen) atoms. The molecule has 1 N–H and O–H groups in total. The molecule has 1 aliphatic rings. The van der Waals surface area contributed by atoms with E-state index in [0.29, 0.717) is 48.8 Å². The third-order valence-electron chi connectivity index (χ3n) is 5.69. The summed E-state index contributed by atoms with van der Waals surface area (Å²) in [7, 11) is 0. The van der Waals surface area contributed by atoms with Crippen LogP contribution in [0.4, 0.5) is 0 Å². The van der Waals surface area contributed by atoms with E-state index in [1.807, 2.05) is 19.1 Å². The summed E-state index contributed by atoms with van der Waals surface area (Å²) in [4.78, 5) is 27.4. The molecule has 6 heteroatoms. The molecule has 1 fully saturated rings. The highest BCUT2D eigenvalue weighted by molar-refractivity contribution is 6.46. The Labute approximate surface area is 201 Å². The Bertz CT molecular complexity index is 1040. The number of amides is 1. The number of aliphatic hydroxyl groups excluding tert-OH is 1. The maximum Gasteiger partial charge on any atom is 0.295 e. The zero-order valence-electron chi connectivity index (χ0n) is 20.0. The fraction of sp³-hybridized carbons (Fsp3) is 0.357. The van der Waals surface area contributed by atoms with E-state index in [2.05, 4.69) is 13.5 Å². The normalized spacial score (nSPS) is 17.1. The molecule has 180 valence electrons. The van der Waals surface area contributed by atoms with Crippen molar-refractivity contribution in [3.8, 4) is 11.5 Å². The summed E-state index contributed by atoms with van der Waals surface area (Å²) in [5, 5.41) is 11.2. The number of ether oxygens (including phenoxy) is 2. The summed E-state index contributed by atoms with van der Waals surface area (Å²) in [6.07, 6.45) is 5.54. The molecule has 0 bridgehead atoms. The van der Waals surface area contributed by atoms with Crippen molar-refractivity contribution >= 4 is 17.4 Å². The Morgan fingerprint density at radius 3 is 2.47 bits per heavy atom. The third-order valence-corrected chi connectivity index (χ3v) is 5.69. The predicted molar refractivity (Wildman–Crippen MR) is 133 cm³/mol. The molecule has 6 nitrogen and oxygen atoms in total. The van der Waals surface area contributed by atoms with Crippen LogP contribution in [0.1, 0.15) is 56.7 Å². The smallest absolute Gasteiger partial charge is 0.295 e. The monoisotopic (exact) mass is 463 g/mol. The Morgan fingerprint density at radius 1 is 1.03 bits per heavy atom. The second-order valence-electron chi connectivity index (χ2n) is 8.24. The highest BCUT2D eigenvalue weighted by atomic mass is 16.5. The van der Waals surface area contributed by atoms with Crippen molar-refractivity contribution < 1.29 is 24.2 Å². The van der Waals surface area contributed by atoms with Crippen LogP contribution in [0, 0.1) is 0 Å². The molecule has 0 radical (unpaired) electrons. The Kier molecular flexibility index (Phi) is 8.91. The van der Waals surface area contributed by atoms with E-state index in [1.54, 1.807) is 42.5 Å². The van der Waals surface area contributed by atoms with Gasteiger partial charge in [0.05, 0.1) is 18.2 Å². The van der Waals surface area contributed by atoms with E-state index in [-0.39, 0.29) is 11.3 Å². The van der Waals surface area contributed by atoms with Crippen LogP contribution in [0.15, 0.2) is 66.8 Å². The van der Waals surface area contributed by atoms with Crippen LogP contribution in [-0.4, -0.2) is 41.5 Å². The molecule has 0 saturated carbocycles. The van der Waals surface area contributed by atoms with E-state index < -0.39 is 17.7 Å². The maximum absolute atomic E-state index is 13.0. The van der Waals surface area contributed by atoms with Crippen molar-refractivity contribution in [2.24, 2.45) is 0 Å². The average molecular weight is 464 g/mol. The molecular weight excluding hydrogens is 430 g/mol. The standard InChI is InChI=1S/C28H33NO5/c1-4-7-8-18-34-22-14-12-20(13-15-22)26(30)24-25(29(16-5-2)28(32)27(24)31)21-10-9-11-23(19-21)33-17-6-3/h6,9-15,19,25,30H,3-5,7-8,16-18H2,1-2H3/b26-24-. The van der Waals surface area contributed by atoms with Crippen molar-refractivity contribution in [3.05, 3.63) is 77.9 Å². The van der Waals surface area contributed by atoms with Crippen LogP contribution in [-0.2, 0) is 9.59 Å². The zero-order chi connectivity index (χ0) is 24.5. The van der Waals surface area contributed by atoms with Crippen LogP contribution >= 0.6 is 0 Å². The summed E-state index contributed by atoms with van der Waals surface area (Å²) >= 11 is 0. The average Bonchev–Trinajstić information content (AvgIpc) is 3.11. The van der Waals surface area contributed by atoms with Crippen LogP contribution in [0.3, 0.4) is 0 Å². The molecule has 2 aromatic rings. The van der Waals surface area contributed by atoms with E-state index in [1.165, 1.54) is 4.90 Å². The van der Waals surface area contributed by atoms with Gasteiger partial charge in [-0.1, -0.05) is 51.5 Å². The van der Waals surface area contributed by atoms with Crippen molar-refractivity contribution in [3.63, 3.8) is 0 Å². The number of aliphatic hydroxyl groups is 1. The van der Waals surface area contributed by atoms with Gasteiger partial charge < -0.3 is 19.5 Å². The lowest BCUT2D eigenvalue weighted by molar-refractivity contribution is -0.139. The Balaban J connectivity index is 1.97. The van der Waals surface area contributed by atoms with Gasteiger partial charge in [0, 0.05) is 12.1 Å². The van der Waals surface area contributed by atoms with Gasteiger partial charge in [0.25, 0.3) is 11.7 Å². The number of Topliss-reactive ketones (excluding diaryl/α,β-unsaturated/α-hetero) is 1. The number of unbranched alkanes of at least 4 members (excludes halogenated alkanes) is 2. The fourth-order valence-electron chi connectivity index (χ4n) is 4.03. The lowest BCUT2D eigenvalue weighted by Gasteiger charge is -2.25. The minimum absolute atomic E-state index is 0.0796. The molecule has 0 aliphatic carbocycles. The van der Waals surface area contributed by atoms with Gasteiger partial charge in [-0.25, -0.2) is 0 Å². The van der Waals surface area contributed by atoms with Gasteiger partial charge in [-0.05, 0) is 54.8 Å². The minimum Gasteiger partial charge on any atom is -0.507 e. The second-order valence-corrected chi connectivity index (χ2v) is 8.24. The first-order valence-electron chi connectivity index (χ1n) is 11.9. The van der Waals surface area contributed by atoms with Gasteiger partial charge in [-0.15, -0.1) is 0 Å². The molecule has 0 spiro atoms. The first-order valence-corrected chi connectivity index (χ1v) is 11.9. The van der Waals surface area contributed by atoms with Gasteiger partial charge in [0.2, 0.25) is 0 Å². The number of hydrogen-bond acceptors (Lipinski definition) is 5. The second kappa shape index (κ2) is 12.1.